The van der Waals surface area contributed by atoms with Gasteiger partial charge in [0, 0.05) is 31.4 Å². The second kappa shape index (κ2) is 6.76. The van der Waals surface area contributed by atoms with Crippen LogP contribution in [0.2, 0.25) is 0 Å². The van der Waals surface area contributed by atoms with Gasteiger partial charge in [-0.3, -0.25) is 4.90 Å². The topological polar surface area (TPSA) is 24.5 Å². The zero-order chi connectivity index (χ0) is 12.8. The normalized spacial score (nSPS) is 21.2. The maximum absolute atomic E-state index is 5.67. The molecule has 0 saturated carbocycles. The van der Waals surface area contributed by atoms with Gasteiger partial charge >= 0.3 is 0 Å². The second-order valence-electron chi connectivity index (χ2n) is 5.17. The van der Waals surface area contributed by atoms with E-state index in [0.717, 1.165) is 19.7 Å². The number of benzene rings is 1. The summed E-state index contributed by atoms with van der Waals surface area (Å²) in [5.41, 5.74) is 1.19. The summed E-state index contributed by atoms with van der Waals surface area (Å²) in [5.74, 6) is 0. The van der Waals surface area contributed by atoms with E-state index in [1.165, 1.54) is 18.5 Å². The number of nitrogens with one attached hydrogen (secondary N) is 1. The summed E-state index contributed by atoms with van der Waals surface area (Å²) in [6, 6.07) is 10.9. The molecule has 3 heteroatoms. The van der Waals surface area contributed by atoms with Crippen molar-refractivity contribution in [3.8, 4) is 0 Å². The highest BCUT2D eigenvalue weighted by Gasteiger charge is 2.19. The van der Waals surface area contributed by atoms with Crippen molar-refractivity contribution in [3.63, 3.8) is 0 Å². The predicted octanol–water partition coefficient (Wildman–Crippen LogP) is 2.60. The Bertz CT molecular complexity index is 336. The van der Waals surface area contributed by atoms with E-state index in [1.807, 2.05) is 6.07 Å². The molecule has 1 aromatic carbocycles. The highest BCUT2D eigenvalue weighted by molar-refractivity contribution is 5.42. The molecular weight excluding hydrogens is 224 g/mol. The molecule has 1 aliphatic heterocycles. The quantitative estimate of drug-likeness (QED) is 0.837. The Morgan fingerprint density at radius 1 is 1.39 bits per heavy atom. The highest BCUT2D eigenvalue weighted by atomic mass is 16.5. The number of anilines is 1. The molecule has 1 N–H and O–H groups in total. The molecule has 2 unspecified atom stereocenters. The molecule has 1 fully saturated rings. The molecule has 2 rings (SSSR count). The van der Waals surface area contributed by atoms with Crippen molar-refractivity contribution in [2.75, 3.05) is 32.1 Å². The zero-order valence-electron chi connectivity index (χ0n) is 11.4. The molecule has 0 aliphatic carbocycles. The number of hydrogen-bond acceptors (Lipinski definition) is 3. The molecule has 0 bridgehead atoms. The largest absolute Gasteiger partial charge is 0.383 e. The van der Waals surface area contributed by atoms with Gasteiger partial charge in [0.1, 0.15) is 0 Å². The minimum Gasteiger partial charge on any atom is -0.383 e. The molecule has 0 amide bonds. The lowest BCUT2D eigenvalue weighted by molar-refractivity contribution is 0.0721. The van der Waals surface area contributed by atoms with Crippen LogP contribution in [0.4, 0.5) is 5.69 Å². The van der Waals surface area contributed by atoms with E-state index in [2.05, 4.69) is 48.5 Å². The summed E-state index contributed by atoms with van der Waals surface area (Å²) in [6.45, 7) is 5.20. The first-order valence-electron chi connectivity index (χ1n) is 6.86. The van der Waals surface area contributed by atoms with E-state index < -0.39 is 0 Å². The Kier molecular flexibility index (Phi) is 5.02. The van der Waals surface area contributed by atoms with Crippen LogP contribution in [-0.4, -0.2) is 43.8 Å². The third-order valence-corrected chi connectivity index (χ3v) is 3.64. The lowest BCUT2D eigenvalue weighted by Gasteiger charge is -2.27. The molecule has 2 atom stereocenters. The van der Waals surface area contributed by atoms with Crippen LogP contribution in [0.25, 0.3) is 0 Å². The Hall–Kier alpha value is -1.06. The van der Waals surface area contributed by atoms with E-state index in [1.54, 1.807) is 0 Å². The molecule has 1 aliphatic rings. The Morgan fingerprint density at radius 2 is 2.17 bits per heavy atom. The van der Waals surface area contributed by atoms with Crippen LogP contribution in [0.15, 0.2) is 30.3 Å². The van der Waals surface area contributed by atoms with Gasteiger partial charge in [-0.2, -0.15) is 0 Å². The number of ether oxygens (including phenoxy) is 1. The summed E-state index contributed by atoms with van der Waals surface area (Å²) < 4.78 is 5.67. The monoisotopic (exact) mass is 248 g/mol. The molecule has 100 valence electrons. The summed E-state index contributed by atoms with van der Waals surface area (Å²) >= 11 is 0. The number of hydrogen-bond donors (Lipinski definition) is 1. The van der Waals surface area contributed by atoms with Crippen LogP contribution in [-0.2, 0) is 4.74 Å². The standard InChI is InChI=1S/C15H24N2O/c1-13(11-16-14-7-4-3-5-8-14)17(2)12-15-9-6-10-18-15/h3-5,7-8,13,15-16H,6,9-12H2,1-2H3. The van der Waals surface area contributed by atoms with E-state index in [0.29, 0.717) is 12.1 Å². The van der Waals surface area contributed by atoms with Crippen LogP contribution in [0, 0.1) is 0 Å². The van der Waals surface area contributed by atoms with Gasteiger partial charge in [-0.1, -0.05) is 18.2 Å². The Labute approximate surface area is 110 Å². The fourth-order valence-corrected chi connectivity index (χ4v) is 2.27. The average molecular weight is 248 g/mol. The summed E-state index contributed by atoms with van der Waals surface area (Å²) in [4.78, 5) is 2.38. The van der Waals surface area contributed by atoms with Crippen LogP contribution in [0.3, 0.4) is 0 Å². The molecular formula is C15H24N2O. The van der Waals surface area contributed by atoms with Gasteiger partial charge in [-0.15, -0.1) is 0 Å². The van der Waals surface area contributed by atoms with Gasteiger partial charge in [0.05, 0.1) is 6.10 Å². The fraction of sp³-hybridized carbons (Fsp3) is 0.600. The molecule has 0 spiro atoms. The van der Waals surface area contributed by atoms with Crippen molar-refractivity contribution in [2.24, 2.45) is 0 Å². The third-order valence-electron chi connectivity index (χ3n) is 3.64. The molecule has 1 heterocycles. The van der Waals surface area contributed by atoms with Gasteiger partial charge < -0.3 is 10.1 Å². The minimum atomic E-state index is 0.439. The molecule has 3 nitrogen and oxygen atoms in total. The smallest absolute Gasteiger partial charge is 0.0702 e. The summed E-state index contributed by atoms with van der Waals surface area (Å²) in [5, 5.41) is 3.47. The van der Waals surface area contributed by atoms with E-state index in [-0.39, 0.29) is 0 Å². The minimum absolute atomic E-state index is 0.439. The van der Waals surface area contributed by atoms with Gasteiger partial charge in [0.2, 0.25) is 0 Å². The number of nitrogens with zero attached hydrogens (tertiary/aromatic N) is 1. The Balaban J connectivity index is 1.71. The highest BCUT2D eigenvalue weighted by Crippen LogP contribution is 2.14. The van der Waals surface area contributed by atoms with Crippen molar-refractivity contribution in [3.05, 3.63) is 30.3 Å². The first-order valence-corrected chi connectivity index (χ1v) is 6.86. The number of para-hydroxylation sites is 1. The number of likely N-dealkylation sites (N-methyl/N-ethyl adjacent to an activating group) is 1. The van der Waals surface area contributed by atoms with E-state index in [9.17, 15) is 0 Å². The van der Waals surface area contributed by atoms with Crippen molar-refractivity contribution in [1.29, 1.82) is 0 Å². The first-order chi connectivity index (χ1) is 8.75. The first kappa shape index (κ1) is 13.4. The lowest BCUT2D eigenvalue weighted by Crippen LogP contribution is -2.39. The molecule has 0 radical (unpaired) electrons. The number of rotatable bonds is 6. The molecule has 18 heavy (non-hydrogen) atoms. The van der Waals surface area contributed by atoms with Crippen molar-refractivity contribution >= 4 is 5.69 Å². The molecule has 1 saturated heterocycles. The van der Waals surface area contributed by atoms with Gasteiger partial charge in [0.25, 0.3) is 0 Å². The lowest BCUT2D eigenvalue weighted by atomic mass is 10.2. The van der Waals surface area contributed by atoms with Crippen molar-refractivity contribution < 1.29 is 4.74 Å². The zero-order valence-corrected chi connectivity index (χ0v) is 11.4. The van der Waals surface area contributed by atoms with Crippen LogP contribution < -0.4 is 5.32 Å². The maximum Gasteiger partial charge on any atom is 0.0702 e. The van der Waals surface area contributed by atoms with Crippen LogP contribution in [0.5, 0.6) is 0 Å². The predicted molar refractivity (Wildman–Crippen MR) is 76.0 cm³/mol. The summed E-state index contributed by atoms with van der Waals surface area (Å²) in [7, 11) is 2.18. The fourth-order valence-electron chi connectivity index (χ4n) is 2.27. The van der Waals surface area contributed by atoms with Crippen LogP contribution >= 0.6 is 0 Å². The van der Waals surface area contributed by atoms with Crippen LogP contribution in [0.1, 0.15) is 19.8 Å². The van der Waals surface area contributed by atoms with Gasteiger partial charge in [0.15, 0.2) is 0 Å². The molecule has 1 aromatic rings. The van der Waals surface area contributed by atoms with E-state index >= 15 is 0 Å². The second-order valence-corrected chi connectivity index (χ2v) is 5.17. The van der Waals surface area contributed by atoms with Gasteiger partial charge in [-0.05, 0) is 38.9 Å². The van der Waals surface area contributed by atoms with Crippen molar-refractivity contribution in [1.82, 2.24) is 4.90 Å². The Morgan fingerprint density at radius 3 is 2.83 bits per heavy atom. The average Bonchev–Trinajstić information content (AvgIpc) is 2.90. The SMILES string of the molecule is CC(CNc1ccccc1)N(C)CC1CCCO1. The third kappa shape index (κ3) is 4.00. The molecule has 0 aromatic heterocycles. The summed E-state index contributed by atoms with van der Waals surface area (Å²) in [6.07, 6.45) is 2.87. The van der Waals surface area contributed by atoms with E-state index in [4.69, 9.17) is 4.74 Å². The van der Waals surface area contributed by atoms with Crippen molar-refractivity contribution in [2.45, 2.75) is 31.9 Å². The van der Waals surface area contributed by atoms with Gasteiger partial charge in [-0.25, -0.2) is 0 Å². The maximum atomic E-state index is 5.67.